The van der Waals surface area contributed by atoms with E-state index in [0.29, 0.717) is 89.7 Å². The lowest BCUT2D eigenvalue weighted by molar-refractivity contribution is 0.272. The molecule has 0 radical (unpaired) electrons. The molecule has 0 saturated carbocycles. The average molecular weight is 983 g/mol. The summed E-state index contributed by atoms with van der Waals surface area (Å²) in [6.45, 7) is 7.43. The molecule has 0 saturated heterocycles. The van der Waals surface area contributed by atoms with Crippen molar-refractivity contribution >= 4 is 62.5 Å². The summed E-state index contributed by atoms with van der Waals surface area (Å²) in [5, 5.41) is 1.13. The number of ether oxygens (including phenoxy) is 3. The van der Waals surface area contributed by atoms with Gasteiger partial charge in [0, 0.05) is 5.02 Å². The van der Waals surface area contributed by atoms with Crippen molar-refractivity contribution in [2.24, 2.45) is 42.9 Å². The van der Waals surface area contributed by atoms with E-state index in [-0.39, 0.29) is 26.5 Å². The van der Waals surface area contributed by atoms with Gasteiger partial charge >= 0.3 is 0 Å². The van der Waals surface area contributed by atoms with Crippen LogP contribution in [-0.4, -0.2) is 69.9 Å². The van der Waals surface area contributed by atoms with Crippen molar-refractivity contribution < 1.29 is 31.8 Å². The fourth-order valence-electron chi connectivity index (χ4n) is 4.68. The maximum atomic E-state index is 12.0. The first kappa shape index (κ1) is 56.0. The second-order valence-electron chi connectivity index (χ2n) is 13.3. The van der Waals surface area contributed by atoms with Crippen LogP contribution in [0.15, 0.2) is 103 Å². The maximum Gasteiger partial charge on any atom is 0.138 e. The van der Waals surface area contributed by atoms with Gasteiger partial charge in [0.05, 0.1) is 65.7 Å². The summed E-state index contributed by atoms with van der Waals surface area (Å²) in [7, 11) is 0. The Balaban J connectivity index is 0.000000420. The first-order valence-corrected chi connectivity index (χ1v) is 21.3. The highest BCUT2D eigenvalue weighted by Gasteiger charge is 2.05. The van der Waals surface area contributed by atoms with Crippen LogP contribution in [0.2, 0.25) is 10.0 Å². The van der Waals surface area contributed by atoms with Gasteiger partial charge in [-0.25, -0.2) is 13.2 Å². The standard InChI is InChI=1S/C12H16ClFN2.C11H14BrFN2O.C11H14ClFN2O.C11H15FN2O/c1-9(15)16-8-10-4-5-11(3-2-6-14)12(13)7-10;2*1-8(14)15-7-9-2-3-11(10(12)6-9)16-5-4-13;1-9(13)14-8-10-2-4-11(5-3-10)15-7-6-12/h4-5,7H,2-3,6,8H2,1H3,(H2,15,16);2*2-3,6H,4-5,7H2,1H3,(H2,14,15);2-5H,6-8H2,1H3,(H2,13,14)/i14-1;2*13-1;12-1. The largest absolute Gasteiger partial charge is 0.491 e. The Morgan fingerprint density at radius 2 is 0.905 bits per heavy atom. The van der Waals surface area contributed by atoms with Gasteiger partial charge in [0.1, 0.15) is 57.1 Å². The van der Waals surface area contributed by atoms with Gasteiger partial charge in [0.2, 0.25) is 0 Å². The first-order valence-electron chi connectivity index (χ1n) is 19.7. The zero-order chi connectivity index (χ0) is 47.0. The van der Waals surface area contributed by atoms with Crippen LogP contribution < -0.4 is 37.1 Å². The van der Waals surface area contributed by atoms with Crippen LogP contribution >= 0.6 is 39.1 Å². The average Bonchev–Trinajstić information content (AvgIpc) is 3.25. The van der Waals surface area contributed by atoms with E-state index in [1.54, 1.807) is 58.0 Å². The van der Waals surface area contributed by atoms with Gasteiger partial charge in [-0.15, -0.1) is 0 Å². The molecule has 0 unspecified atom stereocenters. The molecule has 346 valence electrons. The van der Waals surface area contributed by atoms with Gasteiger partial charge < -0.3 is 37.1 Å². The van der Waals surface area contributed by atoms with Crippen LogP contribution in [0.25, 0.3) is 0 Å². The Bertz CT molecular complexity index is 1850. The van der Waals surface area contributed by atoms with E-state index in [1.165, 1.54) is 0 Å². The monoisotopic (exact) mass is 980 g/mol. The molecule has 0 aliphatic heterocycles. The van der Waals surface area contributed by atoms with Crippen molar-refractivity contribution in [1.29, 1.82) is 0 Å². The molecule has 0 bridgehead atoms. The van der Waals surface area contributed by atoms with Crippen LogP contribution in [-0.2, 0) is 32.6 Å². The van der Waals surface area contributed by atoms with Gasteiger partial charge in [-0.05, 0) is 127 Å². The van der Waals surface area contributed by atoms with Crippen molar-refractivity contribution in [3.63, 3.8) is 0 Å². The number of halogens is 7. The molecule has 63 heavy (non-hydrogen) atoms. The summed E-state index contributed by atoms with van der Waals surface area (Å²) in [5.41, 5.74) is 26.7. The third-order valence-corrected chi connectivity index (χ3v) is 8.94. The molecule has 4 aromatic rings. The summed E-state index contributed by atoms with van der Waals surface area (Å²) < 4.78 is 63.8. The van der Waals surface area contributed by atoms with Crippen molar-refractivity contribution in [3.8, 4) is 17.2 Å². The van der Waals surface area contributed by atoms with Crippen molar-refractivity contribution in [3.05, 3.63) is 121 Å². The number of rotatable bonds is 20. The summed E-state index contributed by atoms with van der Waals surface area (Å²) >= 11 is 15.4. The van der Waals surface area contributed by atoms with Crippen LogP contribution in [0.5, 0.6) is 17.2 Å². The number of alkyl halides is 4. The summed E-state index contributed by atoms with van der Waals surface area (Å²) in [4.78, 5) is 16.3. The topological polar surface area (TPSA) is 181 Å². The normalized spacial score (nSPS) is 11.6. The molecule has 11 nitrogen and oxygen atoms in total. The number of hydrogen-bond donors (Lipinski definition) is 4. The van der Waals surface area contributed by atoms with Crippen molar-refractivity contribution in [1.82, 2.24) is 0 Å². The summed E-state index contributed by atoms with van der Waals surface area (Å²) in [5.74, 6) is 3.98. The molecule has 0 atom stereocenters. The minimum absolute atomic E-state index is 0.0130. The SMILES string of the molecule is CC(N)=NCc1ccc(CCC[18F])c(Cl)c1.CC(N)=NCc1ccc(OCC[18F])c(Br)c1.CC(N)=NCc1ccc(OCC[18F])c(Cl)c1.CC(N)=NCc1ccc(OCC[18F])cc1. The number of aryl methyl sites for hydroxylation is 1. The molecule has 0 aromatic heterocycles. The smallest absolute Gasteiger partial charge is 0.138 e. The lowest BCUT2D eigenvalue weighted by Gasteiger charge is -2.07. The lowest BCUT2D eigenvalue weighted by atomic mass is 10.1. The molecule has 0 fully saturated rings. The van der Waals surface area contributed by atoms with Crippen molar-refractivity contribution in [2.75, 3.05) is 46.5 Å². The fourth-order valence-corrected chi connectivity index (χ4v) is 5.77. The molecule has 0 aliphatic rings. The molecule has 0 heterocycles. The van der Waals surface area contributed by atoms with Gasteiger partial charge in [-0.1, -0.05) is 59.6 Å². The van der Waals surface area contributed by atoms with E-state index >= 15 is 0 Å². The summed E-state index contributed by atoms with van der Waals surface area (Å²) in [6, 6.07) is 23.9. The van der Waals surface area contributed by atoms with Crippen molar-refractivity contribution in [2.45, 2.75) is 66.7 Å². The van der Waals surface area contributed by atoms with Gasteiger partial charge in [0.15, 0.2) is 0 Å². The van der Waals surface area contributed by atoms with E-state index in [4.69, 9.17) is 60.3 Å². The quantitative estimate of drug-likeness (QED) is 0.0386. The molecular weight excluding hydrogens is 923 g/mol. The second kappa shape index (κ2) is 33.5. The highest BCUT2D eigenvalue weighted by Crippen LogP contribution is 2.27. The summed E-state index contributed by atoms with van der Waals surface area (Å²) in [6.07, 6.45) is 1.19. The molecule has 0 amide bonds. The Morgan fingerprint density at radius 1 is 0.508 bits per heavy atom. The van der Waals surface area contributed by atoms with E-state index in [0.717, 1.165) is 32.3 Å². The van der Waals surface area contributed by atoms with Crippen LogP contribution in [0, 0.1) is 0 Å². The van der Waals surface area contributed by atoms with Crippen LogP contribution in [0.4, 0.5) is 17.6 Å². The zero-order valence-electron chi connectivity index (χ0n) is 36.2. The Hall–Kier alpha value is -5.06. The van der Waals surface area contributed by atoms with Gasteiger partial charge in [-0.3, -0.25) is 24.4 Å². The number of aliphatic imine (C=N–C) groups is 4. The zero-order valence-corrected chi connectivity index (χ0v) is 39.3. The minimum atomic E-state index is -0.533. The molecule has 8 N–H and O–H groups in total. The molecular formula is C45H59BrCl2F4N8O3. The van der Waals surface area contributed by atoms with E-state index in [9.17, 15) is 17.6 Å². The minimum Gasteiger partial charge on any atom is -0.491 e. The number of hydrogen-bond acceptors (Lipinski definition) is 7. The van der Waals surface area contributed by atoms with E-state index < -0.39 is 20.0 Å². The van der Waals surface area contributed by atoms with Gasteiger partial charge in [0.25, 0.3) is 0 Å². The third-order valence-electron chi connectivity index (χ3n) is 7.67. The highest BCUT2D eigenvalue weighted by atomic mass is 79.9. The molecule has 4 rings (SSSR count). The molecule has 0 spiro atoms. The first-order chi connectivity index (χ1) is 30.1. The number of nitrogens with two attached hydrogens (primary N) is 4. The number of amidine groups is 4. The molecule has 0 aliphatic carbocycles. The maximum absolute atomic E-state index is 12.0. The Kier molecular flexibility index (Phi) is 29.7. The van der Waals surface area contributed by atoms with E-state index in [1.807, 2.05) is 48.5 Å². The van der Waals surface area contributed by atoms with Crippen LogP contribution in [0.3, 0.4) is 0 Å². The lowest BCUT2D eigenvalue weighted by Crippen LogP contribution is -2.05. The molecule has 18 heteroatoms. The fraction of sp³-hybridized carbons (Fsp3) is 0.378. The van der Waals surface area contributed by atoms with Gasteiger partial charge in [-0.2, -0.15) is 0 Å². The third kappa shape index (κ3) is 26.9. The molecule has 4 aromatic carbocycles. The number of nitrogens with zero attached hydrogens (tertiary/aromatic N) is 4. The Morgan fingerprint density at radius 3 is 1.33 bits per heavy atom. The number of benzene rings is 4. The second-order valence-corrected chi connectivity index (χ2v) is 15.0. The predicted molar refractivity (Wildman–Crippen MR) is 256 cm³/mol. The predicted octanol–water partition coefficient (Wildman–Crippen LogP) is 10.3. The highest BCUT2D eigenvalue weighted by molar-refractivity contribution is 9.10. The Labute approximate surface area is 387 Å². The van der Waals surface area contributed by atoms with E-state index in [2.05, 4.69) is 35.9 Å². The van der Waals surface area contributed by atoms with Crippen LogP contribution in [0.1, 0.15) is 61.9 Å².